The van der Waals surface area contributed by atoms with Gasteiger partial charge in [0.25, 0.3) is 0 Å². The summed E-state index contributed by atoms with van der Waals surface area (Å²) in [5.41, 5.74) is 1.77. The maximum Gasteiger partial charge on any atom is 0.137 e. The van der Waals surface area contributed by atoms with Gasteiger partial charge in [-0.2, -0.15) is 16.9 Å². The minimum atomic E-state index is 0.296. The van der Waals surface area contributed by atoms with Crippen LogP contribution in [0.1, 0.15) is 30.5 Å². The number of ketones is 1. The fraction of sp³-hybridized carbons (Fsp3) is 0.692. The molecule has 0 spiro atoms. The molecule has 1 aliphatic heterocycles. The second-order valence-electron chi connectivity index (χ2n) is 4.95. The summed E-state index contributed by atoms with van der Waals surface area (Å²) in [5.74, 6) is 3.27. The van der Waals surface area contributed by atoms with Gasteiger partial charge in [-0.15, -0.1) is 0 Å². The average molecular weight is 287 g/mol. The first-order valence-corrected chi connectivity index (χ1v) is 7.88. The molecule has 0 aromatic carbocycles. The lowest BCUT2D eigenvalue weighted by molar-refractivity contribution is -0.119. The van der Waals surface area contributed by atoms with Crippen LogP contribution in [0.5, 0.6) is 0 Å². The molecule has 1 aliphatic rings. The van der Waals surface area contributed by atoms with E-state index in [1.165, 1.54) is 24.3 Å². The molecule has 3 nitrogen and oxygen atoms in total. The maximum absolute atomic E-state index is 12.1. The van der Waals surface area contributed by atoms with Crippen LogP contribution in [0, 0.1) is 12.8 Å². The number of hydrogen-bond donors (Lipinski definition) is 0. The minimum Gasteiger partial charge on any atom is -0.299 e. The van der Waals surface area contributed by atoms with Crippen LogP contribution in [0.15, 0.2) is 0 Å². The number of hydrogen-bond acceptors (Lipinski definition) is 3. The Morgan fingerprint density at radius 3 is 2.72 bits per heavy atom. The molecule has 2 rings (SSSR count). The number of rotatable bonds is 4. The van der Waals surface area contributed by atoms with Crippen molar-refractivity contribution in [3.63, 3.8) is 0 Å². The molecule has 5 heteroatoms. The highest BCUT2D eigenvalue weighted by Gasteiger charge is 2.20. The second-order valence-corrected chi connectivity index (χ2v) is 6.54. The van der Waals surface area contributed by atoms with E-state index in [0.717, 1.165) is 11.3 Å². The molecule has 1 fully saturated rings. The monoisotopic (exact) mass is 286 g/mol. The van der Waals surface area contributed by atoms with Crippen LogP contribution < -0.4 is 0 Å². The van der Waals surface area contributed by atoms with E-state index < -0.39 is 0 Å². The van der Waals surface area contributed by atoms with Crippen molar-refractivity contribution in [1.82, 2.24) is 9.78 Å². The summed E-state index contributed by atoms with van der Waals surface area (Å²) in [5, 5.41) is 4.84. The van der Waals surface area contributed by atoms with Gasteiger partial charge >= 0.3 is 0 Å². The van der Waals surface area contributed by atoms with Gasteiger partial charge in [0.15, 0.2) is 0 Å². The predicted octanol–water partition coefficient (Wildman–Crippen LogP) is 3.03. The summed E-state index contributed by atoms with van der Waals surface area (Å²) in [6.07, 6.45) is 3.49. The maximum atomic E-state index is 12.1. The summed E-state index contributed by atoms with van der Waals surface area (Å²) in [6, 6.07) is 0. The molecule has 18 heavy (non-hydrogen) atoms. The van der Waals surface area contributed by atoms with E-state index in [1.807, 2.05) is 25.7 Å². The highest BCUT2D eigenvalue weighted by Crippen LogP contribution is 2.27. The first-order valence-electron chi connectivity index (χ1n) is 6.35. The first-order chi connectivity index (χ1) is 8.58. The summed E-state index contributed by atoms with van der Waals surface area (Å²) >= 11 is 8.14. The van der Waals surface area contributed by atoms with Crippen molar-refractivity contribution < 1.29 is 4.79 Å². The molecule has 0 aliphatic carbocycles. The van der Waals surface area contributed by atoms with Crippen LogP contribution in [0.3, 0.4) is 0 Å². The minimum absolute atomic E-state index is 0.296. The largest absolute Gasteiger partial charge is 0.299 e. The van der Waals surface area contributed by atoms with E-state index >= 15 is 0 Å². The molecular weight excluding hydrogens is 268 g/mol. The SMILES string of the molecule is Cc1nn(C)c(Cl)c1CC(=O)CC1CCSCC1. The average Bonchev–Trinajstić information content (AvgIpc) is 2.57. The Kier molecular flexibility index (Phi) is 4.73. The Morgan fingerprint density at radius 2 is 2.17 bits per heavy atom. The fourth-order valence-electron chi connectivity index (χ4n) is 2.42. The zero-order valence-corrected chi connectivity index (χ0v) is 12.5. The van der Waals surface area contributed by atoms with Gasteiger partial charge in [0.1, 0.15) is 10.9 Å². The summed E-state index contributed by atoms with van der Waals surface area (Å²) in [6.45, 7) is 1.91. The molecule has 1 saturated heterocycles. The predicted molar refractivity (Wildman–Crippen MR) is 76.3 cm³/mol. The standard InChI is InChI=1S/C13H19ClN2OS/c1-9-12(13(14)16(2)15-9)8-11(17)7-10-3-5-18-6-4-10/h10H,3-8H2,1-2H3. The van der Waals surface area contributed by atoms with Crippen LogP contribution in [0.4, 0.5) is 0 Å². The quantitative estimate of drug-likeness (QED) is 0.853. The Bertz CT molecular complexity index is 438. The number of aromatic nitrogens is 2. The molecular formula is C13H19ClN2OS. The Labute approximate surface area is 117 Å². The number of halogens is 1. The Morgan fingerprint density at radius 1 is 1.50 bits per heavy atom. The fourth-order valence-corrected chi connectivity index (χ4v) is 3.86. The van der Waals surface area contributed by atoms with Crippen molar-refractivity contribution in [3.05, 3.63) is 16.4 Å². The van der Waals surface area contributed by atoms with E-state index in [0.29, 0.717) is 29.7 Å². The topological polar surface area (TPSA) is 34.9 Å². The smallest absolute Gasteiger partial charge is 0.137 e. The number of carbonyl (C=O) groups is 1. The highest BCUT2D eigenvalue weighted by molar-refractivity contribution is 7.99. The van der Waals surface area contributed by atoms with Crippen molar-refractivity contribution in [1.29, 1.82) is 0 Å². The highest BCUT2D eigenvalue weighted by atomic mass is 35.5. The Hall–Kier alpha value is -0.480. The number of Topliss-reactive ketones (excluding diaryl/α,β-unsaturated/α-hetero) is 1. The van der Waals surface area contributed by atoms with E-state index in [2.05, 4.69) is 5.10 Å². The number of thioether (sulfide) groups is 1. The molecule has 100 valence electrons. The van der Waals surface area contributed by atoms with Crippen LogP contribution in [-0.2, 0) is 18.3 Å². The molecule has 0 unspecified atom stereocenters. The zero-order chi connectivity index (χ0) is 13.1. The third-order valence-electron chi connectivity index (χ3n) is 3.50. The molecule has 2 heterocycles. The lowest BCUT2D eigenvalue weighted by Gasteiger charge is -2.20. The molecule has 0 amide bonds. The molecule has 0 atom stereocenters. The normalized spacial score (nSPS) is 17.1. The van der Waals surface area contributed by atoms with Gasteiger partial charge < -0.3 is 0 Å². The summed E-state index contributed by atoms with van der Waals surface area (Å²) in [4.78, 5) is 12.1. The second kappa shape index (κ2) is 6.11. The van der Waals surface area contributed by atoms with Gasteiger partial charge in [-0.05, 0) is 37.2 Å². The lowest BCUT2D eigenvalue weighted by Crippen LogP contribution is -2.15. The first kappa shape index (κ1) is 13.9. The van der Waals surface area contributed by atoms with Crippen molar-refractivity contribution >= 4 is 29.1 Å². The van der Waals surface area contributed by atoms with E-state index in [1.54, 1.807) is 4.68 Å². The number of carbonyl (C=O) groups excluding carboxylic acids is 1. The third-order valence-corrected chi connectivity index (χ3v) is 5.02. The van der Waals surface area contributed by atoms with Crippen LogP contribution in [0.2, 0.25) is 5.15 Å². The van der Waals surface area contributed by atoms with Crippen molar-refractivity contribution in [3.8, 4) is 0 Å². The van der Waals surface area contributed by atoms with Crippen molar-refractivity contribution in [2.75, 3.05) is 11.5 Å². The van der Waals surface area contributed by atoms with Gasteiger partial charge in [0.2, 0.25) is 0 Å². The van der Waals surface area contributed by atoms with Crippen molar-refractivity contribution in [2.24, 2.45) is 13.0 Å². The van der Waals surface area contributed by atoms with E-state index in [9.17, 15) is 4.79 Å². The molecule has 0 saturated carbocycles. The van der Waals surface area contributed by atoms with Crippen LogP contribution >= 0.6 is 23.4 Å². The Balaban J connectivity index is 1.94. The zero-order valence-electron chi connectivity index (χ0n) is 10.9. The van der Waals surface area contributed by atoms with Gasteiger partial charge in [-0.25, -0.2) is 0 Å². The van der Waals surface area contributed by atoms with Gasteiger partial charge in [-0.1, -0.05) is 11.6 Å². The molecule has 1 aromatic rings. The van der Waals surface area contributed by atoms with Crippen LogP contribution in [-0.4, -0.2) is 27.1 Å². The number of nitrogens with zero attached hydrogens (tertiary/aromatic N) is 2. The van der Waals surface area contributed by atoms with Crippen molar-refractivity contribution in [2.45, 2.75) is 32.6 Å². The van der Waals surface area contributed by atoms with E-state index in [-0.39, 0.29) is 0 Å². The number of aryl methyl sites for hydroxylation is 2. The van der Waals surface area contributed by atoms with Gasteiger partial charge in [0.05, 0.1) is 5.69 Å². The lowest BCUT2D eigenvalue weighted by atomic mass is 9.94. The summed E-state index contributed by atoms with van der Waals surface area (Å²) in [7, 11) is 1.81. The molecule has 0 N–H and O–H groups in total. The summed E-state index contributed by atoms with van der Waals surface area (Å²) < 4.78 is 1.64. The third kappa shape index (κ3) is 3.29. The van der Waals surface area contributed by atoms with Gasteiger partial charge in [0, 0.05) is 25.5 Å². The van der Waals surface area contributed by atoms with E-state index in [4.69, 9.17) is 11.6 Å². The molecule has 0 radical (unpaired) electrons. The van der Waals surface area contributed by atoms with Gasteiger partial charge in [-0.3, -0.25) is 9.48 Å². The van der Waals surface area contributed by atoms with Crippen LogP contribution in [0.25, 0.3) is 0 Å². The molecule has 1 aromatic heterocycles. The molecule has 0 bridgehead atoms.